The number of aromatic nitrogens is 7. The molecule has 5 aromatic rings. The second-order valence-corrected chi connectivity index (χ2v) is 17.9. The number of likely N-dealkylation sites (tertiary alicyclic amines) is 1. The Bertz CT molecular complexity index is 2700. The lowest BCUT2D eigenvalue weighted by molar-refractivity contribution is -0.135. The number of para-hydroxylation sites is 1. The van der Waals surface area contributed by atoms with Crippen molar-refractivity contribution in [2.45, 2.75) is 76.0 Å². The van der Waals surface area contributed by atoms with Crippen LogP contribution in [0, 0.1) is 29.6 Å². The lowest BCUT2D eigenvalue weighted by Gasteiger charge is -2.36. The number of piperidine rings is 2. The maximum atomic E-state index is 14.3. The van der Waals surface area contributed by atoms with Crippen LogP contribution in [-0.4, -0.2) is 115 Å². The van der Waals surface area contributed by atoms with Gasteiger partial charge in [-0.15, -0.1) is 0 Å². The van der Waals surface area contributed by atoms with E-state index in [2.05, 4.69) is 42.5 Å². The molecular formula is C45H51F2N11O6. The minimum Gasteiger partial charge on any atom is -0.381 e. The summed E-state index contributed by atoms with van der Waals surface area (Å²) in [5.74, 6) is 7.06. The van der Waals surface area contributed by atoms with Gasteiger partial charge in [-0.1, -0.05) is 17.9 Å². The number of hydrogen-bond acceptors (Lipinski definition) is 11. The van der Waals surface area contributed by atoms with Crippen molar-refractivity contribution in [1.29, 1.82) is 0 Å². The van der Waals surface area contributed by atoms with Crippen LogP contribution in [0.25, 0.3) is 16.7 Å². The second-order valence-electron chi connectivity index (χ2n) is 17.9. The number of fused-ring (bicyclic) bond motifs is 3. The number of aryl methyl sites for hydroxylation is 1. The van der Waals surface area contributed by atoms with Crippen molar-refractivity contribution in [3.05, 3.63) is 70.2 Å². The number of imide groups is 1. The van der Waals surface area contributed by atoms with Gasteiger partial charge in [-0.3, -0.25) is 33.5 Å². The number of nitrogens with zero attached hydrogens (tertiary/aromatic N) is 9. The molecular weight excluding hydrogens is 829 g/mol. The predicted molar refractivity (Wildman–Crippen MR) is 230 cm³/mol. The molecule has 8 heterocycles. The zero-order valence-electron chi connectivity index (χ0n) is 35.6. The van der Waals surface area contributed by atoms with E-state index in [0.717, 1.165) is 90.3 Å². The van der Waals surface area contributed by atoms with Crippen LogP contribution in [0.2, 0.25) is 0 Å². The third kappa shape index (κ3) is 8.18. The van der Waals surface area contributed by atoms with E-state index in [1.54, 1.807) is 30.2 Å². The quantitative estimate of drug-likeness (QED) is 0.153. The fraction of sp³-hybridized carbons (Fsp3) is 0.533. The minimum absolute atomic E-state index is 0.00731. The Morgan fingerprint density at radius 3 is 2.56 bits per heavy atom. The lowest BCUT2D eigenvalue weighted by atomic mass is 9.85. The Kier molecular flexibility index (Phi) is 11.5. The molecule has 19 heteroatoms. The fourth-order valence-corrected chi connectivity index (χ4v) is 10.4. The van der Waals surface area contributed by atoms with Crippen LogP contribution in [-0.2, 0) is 26.1 Å². The van der Waals surface area contributed by atoms with E-state index in [9.17, 15) is 28.0 Å². The van der Waals surface area contributed by atoms with Crippen LogP contribution in [0.1, 0.15) is 91.5 Å². The molecule has 3 unspecified atom stereocenters. The highest BCUT2D eigenvalue weighted by molar-refractivity contribution is 6.08. The van der Waals surface area contributed by atoms with E-state index in [0.29, 0.717) is 40.0 Å². The first kappa shape index (κ1) is 42.0. The highest BCUT2D eigenvalue weighted by Crippen LogP contribution is 2.36. The van der Waals surface area contributed by atoms with Crippen LogP contribution in [0.15, 0.2) is 47.7 Å². The first-order chi connectivity index (χ1) is 31.1. The van der Waals surface area contributed by atoms with Gasteiger partial charge >= 0.3 is 5.69 Å². The predicted octanol–water partition coefficient (Wildman–Crippen LogP) is 4.09. The van der Waals surface area contributed by atoms with E-state index in [-0.39, 0.29) is 54.4 Å². The number of amides is 3. The molecule has 336 valence electrons. The third-order valence-electron chi connectivity index (χ3n) is 13.9. The number of halogens is 2. The topological polar surface area (TPSA) is 175 Å². The molecule has 1 saturated carbocycles. The highest BCUT2D eigenvalue weighted by Gasteiger charge is 2.38. The van der Waals surface area contributed by atoms with Gasteiger partial charge in [0.25, 0.3) is 12.3 Å². The normalized spacial score (nSPS) is 24.4. The van der Waals surface area contributed by atoms with Gasteiger partial charge in [-0.25, -0.2) is 23.1 Å². The van der Waals surface area contributed by atoms with Gasteiger partial charge in [0, 0.05) is 70.4 Å². The SMILES string of the molecule is Cn1c(=O)n(C2CCC(=O)NC2=O)c2cccc(C#CCOC3CCN(CC4CCC(n5cc(NC(=O)c6cnn7ccc(N8CC9COCC9C8)nc67)c(C(F)F)n5)CC4)CC3)c21. The molecule has 2 N–H and O–H groups in total. The summed E-state index contributed by atoms with van der Waals surface area (Å²) in [6.07, 6.45) is 7.63. The Morgan fingerprint density at radius 1 is 1.03 bits per heavy atom. The summed E-state index contributed by atoms with van der Waals surface area (Å²) in [5.41, 5.74) is 1.65. The van der Waals surface area contributed by atoms with Gasteiger partial charge in [-0.2, -0.15) is 10.2 Å². The van der Waals surface area contributed by atoms with Crippen molar-refractivity contribution in [1.82, 2.24) is 43.7 Å². The first-order valence-electron chi connectivity index (χ1n) is 22.3. The number of benzene rings is 1. The molecule has 0 spiro atoms. The van der Waals surface area contributed by atoms with Crippen molar-refractivity contribution in [3.8, 4) is 11.8 Å². The van der Waals surface area contributed by atoms with Crippen molar-refractivity contribution in [3.63, 3.8) is 0 Å². The zero-order valence-corrected chi connectivity index (χ0v) is 35.6. The van der Waals surface area contributed by atoms with Crippen LogP contribution >= 0.6 is 0 Å². The van der Waals surface area contributed by atoms with Crippen LogP contribution in [0.5, 0.6) is 0 Å². The third-order valence-corrected chi connectivity index (χ3v) is 13.9. The number of anilines is 2. The van der Waals surface area contributed by atoms with Crippen LogP contribution < -0.4 is 21.2 Å². The highest BCUT2D eigenvalue weighted by atomic mass is 19.3. The summed E-state index contributed by atoms with van der Waals surface area (Å²) in [5, 5.41) is 13.6. The molecule has 17 nitrogen and oxygen atoms in total. The summed E-state index contributed by atoms with van der Waals surface area (Å²) >= 11 is 0. The summed E-state index contributed by atoms with van der Waals surface area (Å²) in [6, 6.07) is 6.51. The van der Waals surface area contributed by atoms with Gasteiger partial charge in [0.05, 0.1) is 53.8 Å². The number of rotatable bonds is 10. The molecule has 5 aliphatic rings. The maximum Gasteiger partial charge on any atom is 0.329 e. The maximum absolute atomic E-state index is 14.3. The van der Waals surface area contributed by atoms with E-state index in [1.165, 1.54) is 19.8 Å². The molecule has 3 amide bonds. The molecule has 0 radical (unpaired) electrons. The number of ether oxygens (including phenoxy) is 2. The standard InChI is InChI=1S/C45H51F2N11O6/c1-53-40-28(4-2-6-35(40)58(45(53)62)36-11-12-38(59)51-44(36)61)5-3-19-64-32-13-16-54(17-14-32)21-27-7-9-31(10-8-27)57-24-34(39(52-57)41(46)47)49-43(60)33-20-48-56-18-15-37(50-42(33)56)55-22-29-25-63-26-30(29)23-55/h2,4,6,15,18,20,24,27,29-32,36,41H,7-14,16-17,19,21-23,25-26H2,1H3,(H,49,60)(H,51,59,61). The van der Waals surface area contributed by atoms with Gasteiger partial charge in [0.2, 0.25) is 11.8 Å². The summed E-state index contributed by atoms with van der Waals surface area (Å²) in [7, 11) is 1.66. The fourth-order valence-electron chi connectivity index (χ4n) is 10.4. The average Bonchev–Trinajstić information content (AvgIpc) is 4.13. The molecule has 1 aliphatic carbocycles. The Balaban J connectivity index is 0.698. The number of nitrogens with one attached hydrogen (secondary N) is 2. The molecule has 1 aromatic carbocycles. The summed E-state index contributed by atoms with van der Waals surface area (Å²) < 4.78 is 46.5. The Hall–Kier alpha value is -5.97. The number of carbonyl (C=O) groups is 3. The smallest absolute Gasteiger partial charge is 0.329 e. The number of alkyl halides is 2. The molecule has 10 rings (SSSR count). The molecule has 4 aromatic heterocycles. The van der Waals surface area contributed by atoms with Gasteiger partial charge in [0.1, 0.15) is 24.0 Å². The monoisotopic (exact) mass is 879 g/mol. The molecule has 4 saturated heterocycles. The van der Waals surface area contributed by atoms with Gasteiger partial charge in [0.15, 0.2) is 11.3 Å². The van der Waals surface area contributed by atoms with E-state index >= 15 is 0 Å². The van der Waals surface area contributed by atoms with Crippen molar-refractivity contribution >= 4 is 45.9 Å². The molecule has 4 aliphatic heterocycles. The van der Waals surface area contributed by atoms with E-state index < -0.39 is 30.0 Å². The number of imidazole rings is 1. The minimum atomic E-state index is -2.86. The molecule has 0 bridgehead atoms. The van der Waals surface area contributed by atoms with E-state index in [4.69, 9.17) is 14.5 Å². The molecule has 3 atom stereocenters. The van der Waals surface area contributed by atoms with Gasteiger partial charge in [-0.05, 0) is 69.1 Å². The second kappa shape index (κ2) is 17.5. The lowest BCUT2D eigenvalue weighted by Crippen LogP contribution is -2.44. The summed E-state index contributed by atoms with van der Waals surface area (Å²) in [6.45, 7) is 6.17. The van der Waals surface area contributed by atoms with Crippen LogP contribution in [0.3, 0.4) is 0 Å². The van der Waals surface area contributed by atoms with Crippen molar-refractivity contribution in [2.75, 3.05) is 62.8 Å². The zero-order chi connectivity index (χ0) is 44.1. The van der Waals surface area contributed by atoms with Crippen molar-refractivity contribution in [2.24, 2.45) is 24.8 Å². The average molecular weight is 880 g/mol. The van der Waals surface area contributed by atoms with Gasteiger partial charge < -0.3 is 24.6 Å². The Labute approximate surface area is 367 Å². The molecule has 64 heavy (non-hydrogen) atoms. The largest absolute Gasteiger partial charge is 0.381 e. The number of hydrogen-bond donors (Lipinski definition) is 2. The van der Waals surface area contributed by atoms with Crippen molar-refractivity contribution < 1.29 is 32.6 Å². The number of carbonyl (C=O) groups excluding carboxylic acids is 3. The summed E-state index contributed by atoms with van der Waals surface area (Å²) in [4.78, 5) is 60.6. The Morgan fingerprint density at radius 2 is 1.81 bits per heavy atom. The first-order valence-corrected chi connectivity index (χ1v) is 22.3. The molecule has 5 fully saturated rings. The van der Waals surface area contributed by atoms with Crippen LogP contribution in [0.4, 0.5) is 20.3 Å². The van der Waals surface area contributed by atoms with E-state index in [1.807, 2.05) is 18.2 Å².